The van der Waals surface area contributed by atoms with Gasteiger partial charge in [-0.15, -0.1) is 0 Å². The van der Waals surface area contributed by atoms with Crippen LogP contribution in [0.2, 0.25) is 0 Å². The molecule has 1 rings (SSSR count). The van der Waals surface area contributed by atoms with E-state index in [0.29, 0.717) is 6.04 Å². The largest absolute Gasteiger partial charge is 0.327 e. The Morgan fingerprint density at radius 1 is 1.24 bits per heavy atom. The zero-order valence-electron chi connectivity index (χ0n) is 12.5. The lowest BCUT2D eigenvalue weighted by Gasteiger charge is -2.42. The summed E-state index contributed by atoms with van der Waals surface area (Å²) in [5, 5.41) is 0. The van der Waals surface area contributed by atoms with Gasteiger partial charge in [-0.25, -0.2) is 0 Å². The maximum Gasteiger partial charge on any atom is 0.0292 e. The third-order valence-electron chi connectivity index (χ3n) is 4.24. The Morgan fingerprint density at radius 3 is 2.35 bits per heavy atom. The molecule has 0 aromatic carbocycles. The third kappa shape index (κ3) is 4.26. The molecule has 0 aromatic rings. The van der Waals surface area contributed by atoms with Gasteiger partial charge in [0.2, 0.25) is 0 Å². The van der Waals surface area contributed by atoms with Crippen molar-refractivity contribution in [3.8, 4) is 0 Å². The average molecular weight is 240 g/mol. The Labute approximate surface area is 108 Å². The van der Waals surface area contributed by atoms with Gasteiger partial charge in [-0.3, -0.25) is 4.90 Å². The molecule has 102 valence electrons. The quantitative estimate of drug-likeness (QED) is 0.820. The van der Waals surface area contributed by atoms with Crippen LogP contribution in [0.4, 0.5) is 0 Å². The van der Waals surface area contributed by atoms with Crippen LogP contribution in [0.1, 0.15) is 60.3 Å². The molecule has 0 bridgehead atoms. The minimum absolute atomic E-state index is 0.258. The highest BCUT2D eigenvalue weighted by atomic mass is 15.2. The van der Waals surface area contributed by atoms with Crippen molar-refractivity contribution in [2.45, 2.75) is 72.4 Å². The van der Waals surface area contributed by atoms with Gasteiger partial charge in [-0.2, -0.15) is 0 Å². The number of hydrogen-bond acceptors (Lipinski definition) is 2. The molecule has 0 amide bonds. The van der Waals surface area contributed by atoms with Gasteiger partial charge in [-0.1, -0.05) is 34.1 Å². The molecule has 17 heavy (non-hydrogen) atoms. The molecule has 0 radical (unpaired) electrons. The molecule has 1 fully saturated rings. The summed E-state index contributed by atoms with van der Waals surface area (Å²) < 4.78 is 0. The van der Waals surface area contributed by atoms with Gasteiger partial charge in [0.15, 0.2) is 0 Å². The fourth-order valence-electron chi connectivity index (χ4n) is 3.54. The van der Waals surface area contributed by atoms with E-state index in [0.717, 1.165) is 5.92 Å². The minimum atomic E-state index is 0.258. The SMILES string of the molecule is CCC1CCCN(C(C(C)N)C(C)(C)C)CC1. The van der Waals surface area contributed by atoms with Gasteiger partial charge in [0.1, 0.15) is 0 Å². The van der Waals surface area contributed by atoms with E-state index in [2.05, 4.69) is 39.5 Å². The summed E-state index contributed by atoms with van der Waals surface area (Å²) in [6, 6.07) is 0.770. The summed E-state index contributed by atoms with van der Waals surface area (Å²) >= 11 is 0. The van der Waals surface area contributed by atoms with Crippen LogP contribution in [0, 0.1) is 11.3 Å². The molecule has 2 nitrogen and oxygen atoms in total. The molecule has 1 saturated heterocycles. The van der Waals surface area contributed by atoms with Crippen LogP contribution in [-0.2, 0) is 0 Å². The van der Waals surface area contributed by atoms with Crippen LogP contribution in [-0.4, -0.2) is 30.1 Å². The molecule has 1 aliphatic rings. The minimum Gasteiger partial charge on any atom is -0.327 e. The lowest BCUT2D eigenvalue weighted by atomic mass is 9.81. The highest BCUT2D eigenvalue weighted by Crippen LogP contribution is 2.30. The first-order valence-electron chi connectivity index (χ1n) is 7.36. The highest BCUT2D eigenvalue weighted by molar-refractivity contribution is 4.90. The number of rotatable bonds is 3. The summed E-state index contributed by atoms with van der Waals surface area (Å²) in [7, 11) is 0. The fraction of sp³-hybridized carbons (Fsp3) is 1.00. The molecular formula is C15H32N2. The Hall–Kier alpha value is -0.0800. The maximum absolute atomic E-state index is 6.23. The Morgan fingerprint density at radius 2 is 1.88 bits per heavy atom. The second-order valence-corrected chi connectivity index (χ2v) is 6.91. The molecule has 2 heteroatoms. The van der Waals surface area contributed by atoms with E-state index in [-0.39, 0.29) is 11.5 Å². The standard InChI is InChI=1S/C15H32N2/c1-6-13-8-7-10-17(11-9-13)14(12(2)16)15(3,4)5/h12-14H,6-11,16H2,1-5H3. The van der Waals surface area contributed by atoms with Crippen LogP contribution >= 0.6 is 0 Å². The normalized spacial score (nSPS) is 27.5. The zero-order chi connectivity index (χ0) is 13.1. The van der Waals surface area contributed by atoms with Crippen LogP contribution in [0.3, 0.4) is 0 Å². The molecule has 2 N–H and O–H groups in total. The monoisotopic (exact) mass is 240 g/mol. The molecule has 3 unspecified atom stereocenters. The average Bonchev–Trinajstić information content (AvgIpc) is 2.40. The first-order valence-corrected chi connectivity index (χ1v) is 7.36. The van der Waals surface area contributed by atoms with Gasteiger partial charge >= 0.3 is 0 Å². The van der Waals surface area contributed by atoms with Crippen molar-refractivity contribution in [1.82, 2.24) is 4.90 Å². The maximum atomic E-state index is 6.23. The summed E-state index contributed by atoms with van der Waals surface area (Å²) in [6.07, 6.45) is 5.45. The summed E-state index contributed by atoms with van der Waals surface area (Å²) in [6.45, 7) is 13.9. The number of likely N-dealkylation sites (tertiary alicyclic amines) is 1. The van der Waals surface area contributed by atoms with Crippen LogP contribution < -0.4 is 5.73 Å². The van der Waals surface area contributed by atoms with Gasteiger partial charge in [0.25, 0.3) is 0 Å². The van der Waals surface area contributed by atoms with Crippen molar-refractivity contribution in [3.63, 3.8) is 0 Å². The fourth-order valence-corrected chi connectivity index (χ4v) is 3.54. The van der Waals surface area contributed by atoms with Crippen LogP contribution in [0.15, 0.2) is 0 Å². The Bertz CT molecular complexity index is 217. The first-order chi connectivity index (χ1) is 7.86. The van der Waals surface area contributed by atoms with Gasteiger partial charge in [-0.05, 0) is 50.6 Å². The van der Waals surface area contributed by atoms with Crippen molar-refractivity contribution < 1.29 is 0 Å². The number of nitrogens with zero attached hydrogens (tertiary/aromatic N) is 1. The predicted octanol–water partition coefficient (Wildman–Crippen LogP) is 3.26. The lowest BCUT2D eigenvalue weighted by molar-refractivity contribution is 0.0840. The van der Waals surface area contributed by atoms with E-state index >= 15 is 0 Å². The number of hydrogen-bond donors (Lipinski definition) is 1. The van der Waals surface area contributed by atoms with Crippen molar-refractivity contribution in [2.75, 3.05) is 13.1 Å². The number of nitrogens with two attached hydrogens (primary N) is 1. The molecule has 0 aliphatic carbocycles. The highest BCUT2D eigenvalue weighted by Gasteiger charge is 2.33. The van der Waals surface area contributed by atoms with Crippen molar-refractivity contribution >= 4 is 0 Å². The smallest absolute Gasteiger partial charge is 0.0292 e. The molecule has 0 spiro atoms. The van der Waals surface area contributed by atoms with Crippen LogP contribution in [0.25, 0.3) is 0 Å². The van der Waals surface area contributed by atoms with Crippen LogP contribution in [0.5, 0.6) is 0 Å². The third-order valence-corrected chi connectivity index (χ3v) is 4.24. The van der Waals surface area contributed by atoms with Crippen molar-refractivity contribution in [3.05, 3.63) is 0 Å². The first kappa shape index (κ1) is 15.0. The Kier molecular flexibility index (Phi) is 5.46. The van der Waals surface area contributed by atoms with E-state index in [9.17, 15) is 0 Å². The molecular weight excluding hydrogens is 208 g/mol. The molecule has 3 atom stereocenters. The second-order valence-electron chi connectivity index (χ2n) is 6.91. The van der Waals surface area contributed by atoms with E-state index in [1.807, 2.05) is 0 Å². The second kappa shape index (κ2) is 6.19. The summed E-state index contributed by atoms with van der Waals surface area (Å²) in [5.74, 6) is 0.939. The van der Waals surface area contributed by atoms with E-state index < -0.39 is 0 Å². The molecule has 0 saturated carbocycles. The van der Waals surface area contributed by atoms with E-state index in [4.69, 9.17) is 5.73 Å². The molecule has 1 heterocycles. The van der Waals surface area contributed by atoms with E-state index in [1.165, 1.54) is 38.8 Å². The van der Waals surface area contributed by atoms with E-state index in [1.54, 1.807) is 0 Å². The van der Waals surface area contributed by atoms with Gasteiger partial charge < -0.3 is 5.73 Å². The summed E-state index contributed by atoms with van der Waals surface area (Å²) in [4.78, 5) is 2.65. The predicted molar refractivity (Wildman–Crippen MR) is 76.1 cm³/mol. The topological polar surface area (TPSA) is 29.3 Å². The van der Waals surface area contributed by atoms with Crippen molar-refractivity contribution in [1.29, 1.82) is 0 Å². The molecule has 0 aromatic heterocycles. The lowest BCUT2D eigenvalue weighted by Crippen LogP contribution is -2.53. The summed E-state index contributed by atoms with van der Waals surface area (Å²) in [5.41, 5.74) is 6.51. The van der Waals surface area contributed by atoms with Gasteiger partial charge in [0.05, 0.1) is 0 Å². The molecule has 1 aliphatic heterocycles. The zero-order valence-corrected chi connectivity index (χ0v) is 12.5. The van der Waals surface area contributed by atoms with Gasteiger partial charge in [0, 0.05) is 12.1 Å². The Balaban J connectivity index is 2.69. The van der Waals surface area contributed by atoms with Crippen molar-refractivity contribution in [2.24, 2.45) is 17.1 Å².